The number of hydrogen-bond acceptors (Lipinski definition) is 5. The molecule has 0 radical (unpaired) electrons. The van der Waals surface area contributed by atoms with Gasteiger partial charge in [0.2, 0.25) is 10.0 Å². The van der Waals surface area contributed by atoms with Crippen LogP contribution in [-0.4, -0.2) is 54.0 Å². The van der Waals surface area contributed by atoms with Crippen molar-refractivity contribution in [2.45, 2.75) is 24.8 Å². The second-order valence-corrected chi connectivity index (χ2v) is 8.57. The lowest BCUT2D eigenvalue weighted by atomic mass is 10.2. The number of carbonyl (C=O) groups excluding carboxylic acids is 1. The molecule has 0 spiro atoms. The maximum Gasteiger partial charge on any atom is 0.252 e. The molecule has 2 aromatic rings. The van der Waals surface area contributed by atoms with Crippen molar-refractivity contribution in [3.05, 3.63) is 39.4 Å². The third-order valence-corrected chi connectivity index (χ3v) is 6.20. The number of halogens is 1. The van der Waals surface area contributed by atoms with Gasteiger partial charge in [0.1, 0.15) is 5.82 Å². The first-order valence-electron chi connectivity index (χ1n) is 7.82. The van der Waals surface area contributed by atoms with Crippen LogP contribution in [0.4, 0.5) is 0 Å². The number of amides is 1. The fourth-order valence-electron chi connectivity index (χ4n) is 2.30. The number of rotatable bonds is 7. The smallest absolute Gasteiger partial charge is 0.252 e. The first-order chi connectivity index (χ1) is 12.2. The number of aromatic amines is 1. The Morgan fingerprint density at radius 3 is 2.73 bits per heavy atom. The molecule has 0 bridgehead atoms. The van der Waals surface area contributed by atoms with Crippen molar-refractivity contribution in [2.75, 3.05) is 20.6 Å². The third kappa shape index (κ3) is 4.32. The summed E-state index contributed by atoms with van der Waals surface area (Å²) in [7, 11) is -0.813. The molecule has 0 saturated carbocycles. The van der Waals surface area contributed by atoms with Crippen molar-refractivity contribution in [1.29, 1.82) is 0 Å². The van der Waals surface area contributed by atoms with Gasteiger partial charge in [0, 0.05) is 33.6 Å². The number of carbonyl (C=O) groups is 1. The Balaban J connectivity index is 2.13. The van der Waals surface area contributed by atoms with Gasteiger partial charge in [0.15, 0.2) is 4.77 Å². The Kier molecular flexibility index (Phi) is 6.56. The molecule has 142 valence electrons. The number of nitrogens with zero attached hydrogens (tertiary/aromatic N) is 3. The Morgan fingerprint density at radius 2 is 2.12 bits per heavy atom. The first kappa shape index (κ1) is 20.6. The van der Waals surface area contributed by atoms with E-state index in [0.29, 0.717) is 24.3 Å². The molecule has 1 amide bonds. The molecule has 8 nitrogen and oxygen atoms in total. The highest BCUT2D eigenvalue weighted by Crippen LogP contribution is 2.22. The molecule has 0 aliphatic heterocycles. The van der Waals surface area contributed by atoms with Gasteiger partial charge in [-0.1, -0.05) is 11.6 Å². The van der Waals surface area contributed by atoms with Gasteiger partial charge in [0.25, 0.3) is 5.91 Å². The summed E-state index contributed by atoms with van der Waals surface area (Å²) in [5, 5.41) is 9.74. The van der Waals surface area contributed by atoms with E-state index in [9.17, 15) is 13.2 Å². The molecule has 2 N–H and O–H groups in total. The van der Waals surface area contributed by atoms with Gasteiger partial charge in [0.05, 0.1) is 15.5 Å². The van der Waals surface area contributed by atoms with Crippen LogP contribution in [0.25, 0.3) is 0 Å². The molecule has 0 aliphatic rings. The molecule has 2 rings (SSSR count). The van der Waals surface area contributed by atoms with Gasteiger partial charge in [-0.2, -0.15) is 5.10 Å². The fourth-order valence-corrected chi connectivity index (χ4v) is 3.71. The number of hydrogen-bond donors (Lipinski definition) is 2. The average molecular weight is 418 g/mol. The maximum absolute atomic E-state index is 12.4. The highest BCUT2D eigenvalue weighted by Gasteiger charge is 2.20. The van der Waals surface area contributed by atoms with E-state index in [2.05, 4.69) is 15.5 Å². The second kappa shape index (κ2) is 8.30. The van der Waals surface area contributed by atoms with Gasteiger partial charge in [-0.25, -0.2) is 12.7 Å². The Morgan fingerprint density at radius 1 is 1.42 bits per heavy atom. The van der Waals surface area contributed by atoms with E-state index >= 15 is 0 Å². The van der Waals surface area contributed by atoms with Crippen molar-refractivity contribution in [1.82, 2.24) is 24.4 Å². The topological polar surface area (TPSA) is 100 Å². The van der Waals surface area contributed by atoms with Crippen LogP contribution in [0.1, 0.15) is 23.1 Å². The molecule has 0 atom stereocenters. The summed E-state index contributed by atoms with van der Waals surface area (Å²) in [6.45, 7) is 2.93. The molecule has 0 saturated heterocycles. The SMILES string of the molecule is CCn1c(CCNC(=O)c2cc(S(=O)(=O)N(C)C)ccc2Cl)n[nH]c1=S. The molecule has 0 unspecified atom stereocenters. The maximum atomic E-state index is 12.4. The Bertz CT molecular complexity index is 966. The molecular formula is C15H20ClN5O3S2. The van der Waals surface area contributed by atoms with Crippen molar-refractivity contribution in [3.63, 3.8) is 0 Å². The van der Waals surface area contributed by atoms with Gasteiger partial charge >= 0.3 is 0 Å². The Hall–Kier alpha value is -1.75. The first-order valence-corrected chi connectivity index (χ1v) is 10.1. The number of sulfonamides is 1. The second-order valence-electron chi connectivity index (χ2n) is 5.62. The lowest BCUT2D eigenvalue weighted by Gasteiger charge is -2.13. The van der Waals surface area contributed by atoms with Crippen molar-refractivity contribution < 1.29 is 13.2 Å². The van der Waals surface area contributed by atoms with Gasteiger partial charge in [-0.3, -0.25) is 9.89 Å². The molecule has 0 fully saturated rings. The quantitative estimate of drug-likeness (QED) is 0.669. The Labute approximate surface area is 162 Å². The summed E-state index contributed by atoms with van der Waals surface area (Å²) in [5.74, 6) is 0.274. The number of aromatic nitrogens is 3. The van der Waals surface area contributed by atoms with Crippen LogP contribution in [0.3, 0.4) is 0 Å². The van der Waals surface area contributed by atoms with Crippen LogP contribution in [0.15, 0.2) is 23.1 Å². The van der Waals surface area contributed by atoms with Crippen LogP contribution in [0.5, 0.6) is 0 Å². The predicted octanol–water partition coefficient (Wildman–Crippen LogP) is 1.84. The molecule has 1 heterocycles. The van der Waals surface area contributed by atoms with E-state index in [-0.39, 0.29) is 15.5 Å². The summed E-state index contributed by atoms with van der Waals surface area (Å²) in [4.78, 5) is 12.4. The van der Waals surface area contributed by atoms with Crippen LogP contribution in [0.2, 0.25) is 5.02 Å². The van der Waals surface area contributed by atoms with Crippen molar-refractivity contribution >= 4 is 39.7 Å². The van der Waals surface area contributed by atoms with E-state index in [0.717, 1.165) is 10.1 Å². The zero-order chi connectivity index (χ0) is 19.5. The summed E-state index contributed by atoms with van der Waals surface area (Å²) >= 11 is 11.2. The number of nitrogens with one attached hydrogen (secondary N) is 2. The van der Waals surface area contributed by atoms with E-state index in [1.165, 1.54) is 32.3 Å². The largest absolute Gasteiger partial charge is 0.352 e. The summed E-state index contributed by atoms with van der Waals surface area (Å²) in [6.07, 6.45) is 0.472. The van der Waals surface area contributed by atoms with Crippen LogP contribution >= 0.6 is 23.8 Å². The van der Waals surface area contributed by atoms with E-state index in [4.69, 9.17) is 23.8 Å². The molecule has 1 aromatic carbocycles. The summed E-state index contributed by atoms with van der Waals surface area (Å²) in [6, 6.07) is 4.04. The summed E-state index contributed by atoms with van der Waals surface area (Å²) < 4.78 is 27.9. The minimum Gasteiger partial charge on any atom is -0.352 e. The normalized spacial score (nSPS) is 11.7. The van der Waals surface area contributed by atoms with Gasteiger partial charge < -0.3 is 9.88 Å². The molecule has 1 aromatic heterocycles. The van der Waals surface area contributed by atoms with Gasteiger partial charge in [-0.05, 0) is 37.3 Å². The monoisotopic (exact) mass is 417 g/mol. The number of benzene rings is 1. The van der Waals surface area contributed by atoms with E-state index in [1.54, 1.807) is 0 Å². The zero-order valence-corrected chi connectivity index (χ0v) is 17.0. The molecule has 26 heavy (non-hydrogen) atoms. The predicted molar refractivity (Wildman–Crippen MR) is 101 cm³/mol. The third-order valence-electron chi connectivity index (χ3n) is 3.75. The molecular weight excluding hydrogens is 398 g/mol. The minimum atomic E-state index is -3.65. The average Bonchev–Trinajstić information content (AvgIpc) is 2.94. The lowest BCUT2D eigenvalue weighted by molar-refractivity contribution is 0.0954. The van der Waals surface area contributed by atoms with Crippen molar-refractivity contribution in [3.8, 4) is 0 Å². The molecule has 0 aliphatic carbocycles. The van der Waals surface area contributed by atoms with E-state index in [1.807, 2.05) is 11.5 Å². The van der Waals surface area contributed by atoms with Crippen molar-refractivity contribution in [2.24, 2.45) is 0 Å². The van der Waals surface area contributed by atoms with Crippen LogP contribution in [-0.2, 0) is 23.0 Å². The van der Waals surface area contributed by atoms with E-state index < -0.39 is 15.9 Å². The standard InChI is InChI=1S/C15H20ClN5O3S2/c1-4-21-13(18-19-15(21)25)7-8-17-14(22)11-9-10(5-6-12(11)16)26(23,24)20(2)3/h5-6,9H,4,7-8H2,1-3H3,(H,17,22)(H,19,25). The fraction of sp³-hybridized carbons (Fsp3) is 0.400. The highest BCUT2D eigenvalue weighted by atomic mass is 35.5. The molecule has 11 heteroatoms. The van der Waals surface area contributed by atoms with Crippen LogP contribution < -0.4 is 5.32 Å². The highest BCUT2D eigenvalue weighted by molar-refractivity contribution is 7.89. The van der Waals surface area contributed by atoms with Crippen LogP contribution in [0, 0.1) is 4.77 Å². The lowest BCUT2D eigenvalue weighted by Crippen LogP contribution is -2.27. The van der Waals surface area contributed by atoms with Gasteiger partial charge in [-0.15, -0.1) is 0 Å². The number of H-pyrrole nitrogens is 1. The summed E-state index contributed by atoms with van der Waals surface area (Å²) in [5.41, 5.74) is 0.101. The zero-order valence-electron chi connectivity index (χ0n) is 14.6. The minimum absolute atomic E-state index is 0.00363.